The molecule has 142 valence electrons. The van der Waals surface area contributed by atoms with Gasteiger partial charge in [0.2, 0.25) is 17.7 Å². The summed E-state index contributed by atoms with van der Waals surface area (Å²) in [6.45, 7) is 0.881. The van der Waals surface area contributed by atoms with Crippen LogP contribution < -0.4 is 15.5 Å². The summed E-state index contributed by atoms with van der Waals surface area (Å²) in [5, 5.41) is 5.46. The van der Waals surface area contributed by atoms with Crippen LogP contribution in [0.25, 0.3) is 0 Å². The number of nitrogens with one attached hydrogen (secondary N) is 2. The molecular weight excluding hydrogens is 348 g/mol. The van der Waals surface area contributed by atoms with E-state index in [1.165, 1.54) is 0 Å². The molecule has 1 aromatic carbocycles. The number of carbonyl (C=O) groups is 4. The molecule has 8 heteroatoms. The first-order chi connectivity index (χ1) is 13.0. The molecule has 1 aliphatic carbocycles. The van der Waals surface area contributed by atoms with Crippen LogP contribution in [0.4, 0.5) is 16.2 Å². The number of rotatable bonds is 4. The molecule has 8 nitrogen and oxygen atoms in total. The van der Waals surface area contributed by atoms with E-state index in [9.17, 15) is 19.2 Å². The van der Waals surface area contributed by atoms with Gasteiger partial charge >= 0.3 is 6.03 Å². The van der Waals surface area contributed by atoms with Gasteiger partial charge in [-0.15, -0.1) is 0 Å². The van der Waals surface area contributed by atoms with Gasteiger partial charge in [0.15, 0.2) is 0 Å². The fourth-order valence-electron chi connectivity index (χ4n) is 4.20. The fraction of sp³-hybridized carbons (Fsp3) is 0.474. The second kappa shape index (κ2) is 7.02. The molecule has 2 heterocycles. The number of urea groups is 1. The number of carbonyl (C=O) groups excluding carboxylic acids is 4. The van der Waals surface area contributed by atoms with Gasteiger partial charge < -0.3 is 10.6 Å². The number of nitrogens with zero attached hydrogens (tertiary/aromatic N) is 2. The van der Waals surface area contributed by atoms with Crippen molar-refractivity contribution in [1.82, 2.24) is 10.2 Å². The van der Waals surface area contributed by atoms with E-state index >= 15 is 0 Å². The zero-order chi connectivity index (χ0) is 19.0. The predicted octanol–water partition coefficient (Wildman–Crippen LogP) is 1.33. The molecule has 0 radical (unpaired) electrons. The van der Waals surface area contributed by atoms with Crippen molar-refractivity contribution in [3.8, 4) is 0 Å². The Morgan fingerprint density at radius 3 is 2.44 bits per heavy atom. The lowest BCUT2D eigenvalue weighted by Gasteiger charge is -2.19. The smallest absolute Gasteiger partial charge is 0.321 e. The lowest BCUT2D eigenvalue weighted by atomic mass is 9.81. The molecule has 3 fully saturated rings. The van der Waals surface area contributed by atoms with Crippen LogP contribution in [-0.2, 0) is 14.4 Å². The number of hydrogen-bond donors (Lipinski definition) is 2. The maximum atomic E-state index is 12.5. The van der Waals surface area contributed by atoms with Crippen molar-refractivity contribution in [2.45, 2.75) is 25.7 Å². The van der Waals surface area contributed by atoms with Crippen LogP contribution in [0, 0.1) is 11.8 Å². The molecule has 1 aromatic rings. The van der Waals surface area contributed by atoms with E-state index in [2.05, 4.69) is 10.6 Å². The maximum Gasteiger partial charge on any atom is 0.321 e. The summed E-state index contributed by atoms with van der Waals surface area (Å²) >= 11 is 0. The molecule has 4 rings (SSSR count). The van der Waals surface area contributed by atoms with Crippen LogP contribution >= 0.6 is 0 Å². The van der Waals surface area contributed by atoms with E-state index < -0.39 is 5.91 Å². The molecule has 27 heavy (non-hydrogen) atoms. The average molecular weight is 370 g/mol. The van der Waals surface area contributed by atoms with Crippen molar-refractivity contribution in [3.63, 3.8) is 0 Å². The summed E-state index contributed by atoms with van der Waals surface area (Å²) in [5.41, 5.74) is 1.20. The van der Waals surface area contributed by atoms with Gasteiger partial charge in [0, 0.05) is 24.5 Å². The van der Waals surface area contributed by atoms with Crippen LogP contribution in [0.1, 0.15) is 25.7 Å². The molecule has 2 N–H and O–H groups in total. The molecule has 2 saturated heterocycles. The number of fused-ring (bicyclic) bond motifs is 1. The normalized spacial score (nSPS) is 24.8. The summed E-state index contributed by atoms with van der Waals surface area (Å²) < 4.78 is 0. The largest absolute Gasteiger partial charge is 0.336 e. The first-order valence-electron chi connectivity index (χ1n) is 9.35. The molecular formula is C19H22N4O4. The highest BCUT2D eigenvalue weighted by atomic mass is 16.2. The monoisotopic (exact) mass is 370 g/mol. The number of anilines is 2. The van der Waals surface area contributed by atoms with Crippen LogP contribution in [0.5, 0.6) is 0 Å². The second-order valence-corrected chi connectivity index (χ2v) is 7.24. The molecule has 0 spiro atoms. The third-order valence-electron chi connectivity index (χ3n) is 5.53. The van der Waals surface area contributed by atoms with Gasteiger partial charge in [0.1, 0.15) is 6.54 Å². The second-order valence-electron chi connectivity index (χ2n) is 7.24. The van der Waals surface area contributed by atoms with Gasteiger partial charge in [0.05, 0.1) is 11.8 Å². The number of amides is 5. The van der Waals surface area contributed by atoms with Gasteiger partial charge in [-0.05, 0) is 31.0 Å². The van der Waals surface area contributed by atoms with E-state index in [4.69, 9.17) is 0 Å². The van der Waals surface area contributed by atoms with E-state index in [1.54, 1.807) is 29.2 Å². The molecule has 1 saturated carbocycles. The van der Waals surface area contributed by atoms with Gasteiger partial charge in [-0.2, -0.15) is 0 Å². The van der Waals surface area contributed by atoms with Gasteiger partial charge in [-0.3, -0.25) is 24.2 Å². The SMILES string of the molecule is O=C(CN1C(=O)C2CCCCC2C1=O)Nc1cccc(N2CCNC2=O)c1. The predicted molar refractivity (Wildman–Crippen MR) is 98.0 cm³/mol. The Kier molecular flexibility index (Phi) is 4.55. The Morgan fingerprint density at radius 1 is 1.11 bits per heavy atom. The third-order valence-corrected chi connectivity index (χ3v) is 5.53. The topological polar surface area (TPSA) is 98.8 Å². The van der Waals surface area contributed by atoms with E-state index in [0.29, 0.717) is 24.5 Å². The Morgan fingerprint density at radius 2 is 1.81 bits per heavy atom. The summed E-state index contributed by atoms with van der Waals surface area (Å²) in [6.07, 6.45) is 3.37. The highest BCUT2D eigenvalue weighted by Crippen LogP contribution is 2.37. The summed E-state index contributed by atoms with van der Waals surface area (Å²) in [4.78, 5) is 51.8. The molecule has 0 bridgehead atoms. The van der Waals surface area contributed by atoms with E-state index in [0.717, 1.165) is 30.6 Å². The van der Waals surface area contributed by atoms with E-state index in [-0.39, 0.29) is 36.2 Å². The minimum Gasteiger partial charge on any atom is -0.336 e. The minimum atomic E-state index is -0.418. The molecule has 5 amide bonds. The lowest BCUT2D eigenvalue weighted by Crippen LogP contribution is -2.38. The van der Waals surface area contributed by atoms with Crippen molar-refractivity contribution >= 4 is 35.1 Å². The lowest BCUT2D eigenvalue weighted by molar-refractivity contribution is -0.142. The van der Waals surface area contributed by atoms with Gasteiger partial charge in [-0.25, -0.2) is 4.79 Å². The first kappa shape index (κ1) is 17.5. The molecule has 0 aromatic heterocycles. The fourth-order valence-corrected chi connectivity index (χ4v) is 4.20. The molecule has 2 atom stereocenters. The van der Waals surface area contributed by atoms with Crippen LogP contribution in [0.15, 0.2) is 24.3 Å². The summed E-state index contributed by atoms with van der Waals surface area (Å²) in [7, 11) is 0. The number of likely N-dealkylation sites (tertiary alicyclic amines) is 1. The Bertz CT molecular complexity index is 785. The van der Waals surface area contributed by atoms with Crippen LogP contribution in [0.2, 0.25) is 0 Å². The molecule has 2 aliphatic heterocycles. The highest BCUT2D eigenvalue weighted by Gasteiger charge is 2.48. The number of imide groups is 1. The zero-order valence-electron chi connectivity index (χ0n) is 14.9. The molecule has 2 unspecified atom stereocenters. The quantitative estimate of drug-likeness (QED) is 0.781. The van der Waals surface area contributed by atoms with Crippen molar-refractivity contribution in [1.29, 1.82) is 0 Å². The van der Waals surface area contributed by atoms with Gasteiger partial charge in [-0.1, -0.05) is 18.9 Å². The van der Waals surface area contributed by atoms with Crippen LogP contribution in [-0.4, -0.2) is 48.3 Å². The Hall–Kier alpha value is -2.90. The average Bonchev–Trinajstić information content (AvgIpc) is 3.20. The van der Waals surface area contributed by atoms with Crippen LogP contribution in [0.3, 0.4) is 0 Å². The van der Waals surface area contributed by atoms with Crippen molar-refractivity contribution in [3.05, 3.63) is 24.3 Å². The van der Waals surface area contributed by atoms with Crippen molar-refractivity contribution < 1.29 is 19.2 Å². The zero-order valence-corrected chi connectivity index (χ0v) is 14.9. The first-order valence-corrected chi connectivity index (χ1v) is 9.35. The third kappa shape index (κ3) is 3.27. The highest BCUT2D eigenvalue weighted by molar-refractivity contribution is 6.08. The number of benzene rings is 1. The van der Waals surface area contributed by atoms with Gasteiger partial charge in [0.25, 0.3) is 0 Å². The Balaban J connectivity index is 1.42. The maximum absolute atomic E-state index is 12.5. The summed E-state index contributed by atoms with van der Waals surface area (Å²) in [5.74, 6) is -1.37. The standard InChI is InChI=1S/C19H22N4O4/c24-16(11-23-17(25)14-6-1-2-7-15(14)18(23)26)21-12-4-3-5-13(10-12)22-9-8-20-19(22)27/h3-5,10,14-15H,1-2,6-9,11H2,(H,20,27)(H,21,24). The number of hydrogen-bond acceptors (Lipinski definition) is 4. The van der Waals surface area contributed by atoms with E-state index in [1.807, 2.05) is 0 Å². The van der Waals surface area contributed by atoms with Crippen molar-refractivity contribution in [2.75, 3.05) is 29.9 Å². The van der Waals surface area contributed by atoms with Crippen molar-refractivity contribution in [2.24, 2.45) is 11.8 Å². The molecule has 3 aliphatic rings. The summed E-state index contributed by atoms with van der Waals surface area (Å²) in [6, 6.07) is 6.78. The minimum absolute atomic E-state index is 0.172. The Labute approximate surface area is 156 Å².